The molecule has 1 fully saturated rings. The van der Waals surface area contributed by atoms with Crippen molar-refractivity contribution in [1.29, 1.82) is 0 Å². The molecule has 0 bridgehead atoms. The first kappa shape index (κ1) is 23.7. The van der Waals surface area contributed by atoms with Gasteiger partial charge in [-0.25, -0.2) is 0 Å². The Bertz CT molecular complexity index is 1230. The lowest BCUT2D eigenvalue weighted by Gasteiger charge is -2.13. The fraction of sp³-hybridized carbons (Fsp3) is 0.423. The number of benzene rings is 1. The molecule has 1 atom stereocenters. The number of carbonyl (C=O) groups excluding carboxylic acids is 1. The first-order valence-corrected chi connectivity index (χ1v) is 12.8. The van der Waals surface area contributed by atoms with Gasteiger partial charge in [-0.05, 0) is 51.0 Å². The van der Waals surface area contributed by atoms with Gasteiger partial charge in [0.05, 0.1) is 42.4 Å². The van der Waals surface area contributed by atoms with Crippen LogP contribution in [0.5, 0.6) is 17.2 Å². The Kier molecular flexibility index (Phi) is 6.97. The number of aliphatic imine (C=N–C) groups is 1. The van der Waals surface area contributed by atoms with Gasteiger partial charge in [0.1, 0.15) is 22.3 Å². The Morgan fingerprint density at radius 2 is 2.09 bits per heavy atom. The predicted molar refractivity (Wildman–Crippen MR) is 138 cm³/mol. The fourth-order valence-electron chi connectivity index (χ4n) is 3.94. The van der Waals surface area contributed by atoms with Gasteiger partial charge in [-0.1, -0.05) is 11.8 Å². The molecule has 1 aromatic carbocycles. The number of carbonyl (C=O) groups is 1. The van der Waals surface area contributed by atoms with Gasteiger partial charge in [0.15, 0.2) is 0 Å². The Morgan fingerprint density at radius 1 is 1.23 bits per heavy atom. The zero-order valence-electron chi connectivity index (χ0n) is 20.2. The van der Waals surface area contributed by atoms with Gasteiger partial charge in [0.25, 0.3) is 0 Å². The van der Waals surface area contributed by atoms with E-state index in [1.807, 2.05) is 38.1 Å². The summed E-state index contributed by atoms with van der Waals surface area (Å²) in [5.74, 6) is 2.14. The van der Waals surface area contributed by atoms with Crippen LogP contribution >= 0.6 is 11.8 Å². The summed E-state index contributed by atoms with van der Waals surface area (Å²) in [6.07, 6.45) is 4.38. The molecule has 3 aromatic rings. The summed E-state index contributed by atoms with van der Waals surface area (Å²) in [5.41, 5.74) is 2.66. The highest BCUT2D eigenvalue weighted by Crippen LogP contribution is 2.36. The lowest BCUT2D eigenvalue weighted by Crippen LogP contribution is -2.28. The van der Waals surface area contributed by atoms with Crippen molar-refractivity contribution in [3.63, 3.8) is 0 Å². The molecule has 184 valence electrons. The quantitative estimate of drug-likeness (QED) is 0.419. The Balaban J connectivity index is 1.34. The molecule has 1 unspecified atom stereocenters. The van der Waals surface area contributed by atoms with Crippen molar-refractivity contribution in [1.82, 2.24) is 15.3 Å². The molecule has 1 amide bonds. The van der Waals surface area contributed by atoms with E-state index < -0.39 is 0 Å². The maximum absolute atomic E-state index is 12.2. The van der Waals surface area contributed by atoms with E-state index in [2.05, 4.69) is 21.4 Å². The van der Waals surface area contributed by atoms with Crippen LogP contribution in [0.25, 0.3) is 10.9 Å². The Labute approximate surface area is 208 Å². The third kappa shape index (κ3) is 5.97. The summed E-state index contributed by atoms with van der Waals surface area (Å²) in [7, 11) is 1.64. The molecular formula is C26H30N4O4S. The number of methoxy groups -OCH3 is 1. The van der Waals surface area contributed by atoms with Gasteiger partial charge in [-0.3, -0.25) is 14.8 Å². The summed E-state index contributed by atoms with van der Waals surface area (Å²) < 4.78 is 17.3. The van der Waals surface area contributed by atoms with E-state index in [1.54, 1.807) is 25.1 Å². The second kappa shape index (κ2) is 10.3. The van der Waals surface area contributed by atoms with Crippen molar-refractivity contribution < 1.29 is 19.0 Å². The van der Waals surface area contributed by atoms with E-state index in [-0.39, 0.29) is 17.3 Å². The van der Waals surface area contributed by atoms with Gasteiger partial charge < -0.3 is 24.5 Å². The second-order valence-electron chi connectivity index (χ2n) is 9.19. The average molecular weight is 495 g/mol. The molecule has 0 spiro atoms. The first-order chi connectivity index (χ1) is 17.0. The van der Waals surface area contributed by atoms with Crippen LogP contribution in [0.1, 0.15) is 44.5 Å². The maximum atomic E-state index is 12.2. The minimum atomic E-state index is 0.00255. The molecule has 0 radical (unpaired) electrons. The number of hydrogen-bond donors (Lipinski definition) is 2. The molecular weight excluding hydrogens is 464 g/mol. The number of hydrogen-bond acceptors (Lipinski definition) is 7. The van der Waals surface area contributed by atoms with E-state index >= 15 is 0 Å². The van der Waals surface area contributed by atoms with Crippen LogP contribution in [0, 0.1) is 0 Å². The van der Waals surface area contributed by atoms with E-state index in [9.17, 15) is 4.79 Å². The molecule has 9 heteroatoms. The average Bonchev–Trinajstić information content (AvgIpc) is 3.32. The number of thioether (sulfide) groups is 1. The Morgan fingerprint density at radius 3 is 2.80 bits per heavy atom. The molecule has 1 saturated carbocycles. The molecule has 1 aliphatic carbocycles. The molecule has 8 nitrogen and oxygen atoms in total. The Hall–Kier alpha value is -3.04. The highest BCUT2D eigenvalue weighted by atomic mass is 32.2. The number of pyridine rings is 1. The van der Waals surface area contributed by atoms with Crippen LogP contribution in [0.4, 0.5) is 0 Å². The largest absolute Gasteiger partial charge is 0.489 e. The SMILES string of the molecule is COCc1ccc(Oc2cc(OC(C)C)c3[nH]c(C4=NCC(CC(=O)NC5CC5)S4)cc3c2)cn1. The van der Waals surface area contributed by atoms with Gasteiger partial charge in [0, 0.05) is 36.3 Å². The summed E-state index contributed by atoms with van der Waals surface area (Å²) in [4.78, 5) is 24.8. The summed E-state index contributed by atoms with van der Waals surface area (Å²) in [6.45, 7) is 5.09. The zero-order chi connectivity index (χ0) is 24.4. The van der Waals surface area contributed by atoms with Crippen molar-refractivity contribution in [2.45, 2.75) is 57.1 Å². The molecule has 1 aliphatic heterocycles. The molecule has 2 N–H and O–H groups in total. The minimum Gasteiger partial charge on any atom is -0.489 e. The van der Waals surface area contributed by atoms with Crippen molar-refractivity contribution >= 4 is 33.6 Å². The van der Waals surface area contributed by atoms with Gasteiger partial charge in [-0.15, -0.1) is 0 Å². The number of rotatable bonds is 10. The molecule has 2 aromatic heterocycles. The van der Waals surface area contributed by atoms with Gasteiger partial charge in [-0.2, -0.15) is 0 Å². The number of nitrogens with zero attached hydrogens (tertiary/aromatic N) is 2. The van der Waals surface area contributed by atoms with Crippen LogP contribution in [-0.2, 0) is 16.1 Å². The van der Waals surface area contributed by atoms with Crippen LogP contribution in [0.3, 0.4) is 0 Å². The molecule has 3 heterocycles. The van der Waals surface area contributed by atoms with E-state index in [0.717, 1.165) is 40.2 Å². The first-order valence-electron chi connectivity index (χ1n) is 11.9. The molecule has 5 rings (SSSR count). The summed E-state index contributed by atoms with van der Waals surface area (Å²) in [5, 5.41) is 5.11. The topological polar surface area (TPSA) is 97.8 Å². The van der Waals surface area contributed by atoms with Crippen molar-refractivity contribution in [3.05, 3.63) is 47.9 Å². The van der Waals surface area contributed by atoms with Crippen LogP contribution in [-0.4, -0.2) is 52.0 Å². The summed E-state index contributed by atoms with van der Waals surface area (Å²) in [6, 6.07) is 10.1. The summed E-state index contributed by atoms with van der Waals surface area (Å²) >= 11 is 1.65. The van der Waals surface area contributed by atoms with E-state index in [4.69, 9.17) is 19.2 Å². The number of aromatic nitrogens is 2. The van der Waals surface area contributed by atoms with Gasteiger partial charge in [0.2, 0.25) is 5.91 Å². The van der Waals surface area contributed by atoms with Crippen LogP contribution in [0.15, 0.2) is 41.5 Å². The third-order valence-corrected chi connectivity index (χ3v) is 6.88. The van der Waals surface area contributed by atoms with E-state index in [0.29, 0.717) is 42.9 Å². The zero-order valence-corrected chi connectivity index (χ0v) is 21.0. The lowest BCUT2D eigenvalue weighted by atomic mass is 10.2. The minimum absolute atomic E-state index is 0.00255. The third-order valence-electron chi connectivity index (χ3n) is 5.66. The van der Waals surface area contributed by atoms with Crippen LogP contribution < -0.4 is 14.8 Å². The van der Waals surface area contributed by atoms with Crippen LogP contribution in [0.2, 0.25) is 0 Å². The number of fused-ring (bicyclic) bond motifs is 1. The van der Waals surface area contributed by atoms with E-state index in [1.165, 1.54) is 0 Å². The van der Waals surface area contributed by atoms with Crippen molar-refractivity contribution in [2.75, 3.05) is 13.7 Å². The number of ether oxygens (including phenoxy) is 3. The lowest BCUT2D eigenvalue weighted by molar-refractivity contribution is -0.121. The van der Waals surface area contributed by atoms with Crippen molar-refractivity contribution in [2.24, 2.45) is 4.99 Å². The smallest absolute Gasteiger partial charge is 0.221 e. The van der Waals surface area contributed by atoms with Crippen molar-refractivity contribution in [3.8, 4) is 17.2 Å². The number of amides is 1. The number of nitrogens with one attached hydrogen (secondary N) is 2. The molecule has 0 saturated heterocycles. The molecule has 2 aliphatic rings. The normalized spacial score (nSPS) is 17.6. The predicted octanol–water partition coefficient (Wildman–Crippen LogP) is 4.82. The standard InChI is InChI=1S/C26H30N4O4S/c1-15(2)33-23-10-20(34-19-7-6-18(14-32-3)27-12-19)8-16-9-22(30-25(16)23)26-28-13-21(35-26)11-24(31)29-17-4-5-17/h6-10,12,15,17,21,30H,4-5,11,13-14H2,1-3H3,(H,29,31). The second-order valence-corrected chi connectivity index (χ2v) is 10.5. The fourth-order valence-corrected chi connectivity index (χ4v) is 5.02. The monoisotopic (exact) mass is 494 g/mol. The highest BCUT2D eigenvalue weighted by molar-refractivity contribution is 8.15. The maximum Gasteiger partial charge on any atom is 0.221 e. The number of aromatic amines is 1. The molecule has 35 heavy (non-hydrogen) atoms. The number of H-pyrrole nitrogens is 1. The van der Waals surface area contributed by atoms with Gasteiger partial charge >= 0.3 is 0 Å². The highest BCUT2D eigenvalue weighted by Gasteiger charge is 2.28.